The van der Waals surface area contributed by atoms with Gasteiger partial charge in [0.15, 0.2) is 0 Å². The number of thiophene rings is 1. The summed E-state index contributed by atoms with van der Waals surface area (Å²) >= 11 is 1.42. The molecule has 0 atom stereocenters. The Morgan fingerprint density at radius 2 is 1.96 bits per heavy atom. The predicted octanol–water partition coefficient (Wildman–Crippen LogP) is 4.34. The van der Waals surface area contributed by atoms with Crippen LogP contribution in [0.1, 0.15) is 25.6 Å². The lowest BCUT2D eigenvalue weighted by atomic mass is 10.1. The molecule has 4 nitrogen and oxygen atoms in total. The van der Waals surface area contributed by atoms with E-state index in [1.165, 1.54) is 29.5 Å². The molecule has 0 saturated heterocycles. The molecule has 0 aliphatic carbocycles. The number of fused-ring (bicyclic) bond motifs is 1. The number of amides is 2. The van der Waals surface area contributed by atoms with Gasteiger partial charge in [0.05, 0.1) is 4.88 Å². The minimum atomic E-state index is -0.450. The van der Waals surface area contributed by atoms with Crippen molar-refractivity contribution < 1.29 is 14.0 Å². The zero-order valence-electron chi connectivity index (χ0n) is 13.7. The van der Waals surface area contributed by atoms with Crippen molar-refractivity contribution in [3.63, 3.8) is 0 Å². The van der Waals surface area contributed by atoms with Gasteiger partial charge in [-0.2, -0.15) is 0 Å². The van der Waals surface area contributed by atoms with Gasteiger partial charge in [0.2, 0.25) is 0 Å². The maximum absolute atomic E-state index is 13.3. The molecule has 2 amide bonds. The fourth-order valence-electron chi connectivity index (χ4n) is 3.06. The molecule has 2 aromatic carbocycles. The molecule has 1 aliphatic rings. The van der Waals surface area contributed by atoms with Crippen LogP contribution in [0.25, 0.3) is 0 Å². The van der Waals surface area contributed by atoms with Crippen molar-refractivity contribution in [3.8, 4) is 0 Å². The number of nitrogens with one attached hydrogen (secondary N) is 1. The second-order valence-corrected chi connectivity index (χ2v) is 6.94. The summed E-state index contributed by atoms with van der Waals surface area (Å²) in [4.78, 5) is 27.3. The van der Waals surface area contributed by atoms with Crippen molar-refractivity contribution in [3.05, 3.63) is 81.8 Å². The van der Waals surface area contributed by atoms with E-state index in [1.54, 1.807) is 17.0 Å². The van der Waals surface area contributed by atoms with Gasteiger partial charge in [-0.1, -0.05) is 12.1 Å². The number of hydrogen-bond acceptors (Lipinski definition) is 3. The average molecular weight is 366 g/mol. The zero-order valence-corrected chi connectivity index (χ0v) is 14.6. The highest BCUT2D eigenvalue weighted by atomic mass is 32.1. The molecule has 1 N–H and O–H groups in total. The van der Waals surface area contributed by atoms with Crippen LogP contribution in [-0.2, 0) is 6.42 Å². The lowest BCUT2D eigenvalue weighted by Crippen LogP contribution is -2.28. The summed E-state index contributed by atoms with van der Waals surface area (Å²) in [6.07, 6.45) is 0.732. The molecule has 4 rings (SSSR count). The summed E-state index contributed by atoms with van der Waals surface area (Å²) in [6, 6.07) is 14.7. The predicted molar refractivity (Wildman–Crippen MR) is 100 cm³/mol. The minimum absolute atomic E-state index is 0.00436. The summed E-state index contributed by atoms with van der Waals surface area (Å²) < 4.78 is 13.3. The first kappa shape index (κ1) is 16.5. The van der Waals surface area contributed by atoms with Crippen molar-refractivity contribution in [2.45, 2.75) is 6.42 Å². The number of benzene rings is 2. The maximum Gasteiger partial charge on any atom is 0.268 e. The molecule has 0 bridgehead atoms. The van der Waals surface area contributed by atoms with Crippen LogP contribution in [0.2, 0.25) is 0 Å². The second kappa shape index (κ2) is 6.72. The molecule has 0 spiro atoms. The molecule has 0 radical (unpaired) electrons. The number of carbonyl (C=O) groups excluding carboxylic acids is 2. The van der Waals surface area contributed by atoms with Gasteiger partial charge >= 0.3 is 0 Å². The second-order valence-electron chi connectivity index (χ2n) is 5.99. The molecule has 1 aromatic heterocycles. The van der Waals surface area contributed by atoms with E-state index >= 15 is 0 Å². The number of halogens is 1. The van der Waals surface area contributed by atoms with Crippen LogP contribution >= 0.6 is 11.3 Å². The highest BCUT2D eigenvalue weighted by molar-refractivity contribution is 7.12. The number of nitrogens with zero attached hydrogens (tertiary/aromatic N) is 1. The topological polar surface area (TPSA) is 49.4 Å². The summed E-state index contributed by atoms with van der Waals surface area (Å²) in [6.45, 7) is 0.618. The quantitative estimate of drug-likeness (QED) is 0.749. The molecule has 0 fully saturated rings. The van der Waals surface area contributed by atoms with E-state index in [-0.39, 0.29) is 17.4 Å². The smallest absolute Gasteiger partial charge is 0.268 e. The number of carbonyl (C=O) groups is 2. The van der Waals surface area contributed by atoms with Gasteiger partial charge in [-0.15, -0.1) is 11.3 Å². The maximum atomic E-state index is 13.3. The van der Waals surface area contributed by atoms with Crippen LogP contribution < -0.4 is 10.2 Å². The Hall–Kier alpha value is -2.99. The molecular formula is C20H15FN2O2S. The molecule has 1 aliphatic heterocycles. The van der Waals surface area contributed by atoms with Crippen LogP contribution in [-0.4, -0.2) is 18.4 Å². The lowest BCUT2D eigenvalue weighted by molar-refractivity contribution is 0.0991. The Labute approximate surface area is 153 Å². The van der Waals surface area contributed by atoms with Crippen LogP contribution in [0.5, 0.6) is 0 Å². The van der Waals surface area contributed by atoms with E-state index < -0.39 is 5.82 Å². The fourth-order valence-corrected chi connectivity index (χ4v) is 3.73. The van der Waals surface area contributed by atoms with E-state index in [1.807, 2.05) is 29.6 Å². The van der Waals surface area contributed by atoms with Gasteiger partial charge in [-0.25, -0.2) is 4.39 Å². The van der Waals surface area contributed by atoms with Gasteiger partial charge in [0.25, 0.3) is 11.8 Å². The van der Waals surface area contributed by atoms with Gasteiger partial charge in [0, 0.05) is 23.5 Å². The van der Waals surface area contributed by atoms with E-state index in [2.05, 4.69) is 5.32 Å². The van der Waals surface area contributed by atoms with Crippen LogP contribution in [0.4, 0.5) is 15.8 Å². The molecule has 2 heterocycles. The Bertz CT molecular complexity index is 985. The van der Waals surface area contributed by atoms with Crippen molar-refractivity contribution >= 4 is 34.5 Å². The monoisotopic (exact) mass is 366 g/mol. The first-order chi connectivity index (χ1) is 12.6. The van der Waals surface area contributed by atoms with E-state index in [4.69, 9.17) is 0 Å². The van der Waals surface area contributed by atoms with Crippen molar-refractivity contribution in [1.82, 2.24) is 0 Å². The van der Waals surface area contributed by atoms with Crippen LogP contribution in [0, 0.1) is 5.82 Å². The van der Waals surface area contributed by atoms with Crippen molar-refractivity contribution in [2.24, 2.45) is 0 Å². The molecule has 3 aromatic rings. The largest absolute Gasteiger partial charge is 0.322 e. The lowest BCUT2D eigenvalue weighted by Gasteiger charge is -2.16. The Kier molecular flexibility index (Phi) is 4.26. The number of anilines is 2. The van der Waals surface area contributed by atoms with Crippen molar-refractivity contribution in [1.29, 1.82) is 0 Å². The molecule has 0 saturated carbocycles. The highest BCUT2D eigenvalue weighted by Gasteiger charge is 2.26. The Balaban J connectivity index is 1.53. The SMILES string of the molecule is O=C(Nc1ccc2c(c1)CCN2C(=O)c1cccs1)c1cccc(F)c1. The third kappa shape index (κ3) is 3.11. The third-order valence-electron chi connectivity index (χ3n) is 4.30. The summed E-state index contributed by atoms with van der Waals surface area (Å²) in [5.41, 5.74) is 2.77. The molecule has 6 heteroatoms. The standard InChI is InChI=1S/C20H15FN2O2S/c21-15-4-1-3-14(11-15)19(24)22-16-6-7-17-13(12-16)8-9-23(17)20(25)18-5-2-10-26-18/h1-7,10-12H,8-9H2,(H,22,24). The summed E-state index contributed by atoms with van der Waals surface area (Å²) in [7, 11) is 0. The van der Waals surface area contributed by atoms with Crippen LogP contribution in [0.3, 0.4) is 0 Å². The Morgan fingerprint density at radius 3 is 2.73 bits per heavy atom. The zero-order chi connectivity index (χ0) is 18.1. The fraction of sp³-hybridized carbons (Fsp3) is 0.100. The number of rotatable bonds is 3. The molecule has 26 heavy (non-hydrogen) atoms. The summed E-state index contributed by atoms with van der Waals surface area (Å²) in [5.74, 6) is -0.821. The first-order valence-corrected chi connectivity index (χ1v) is 9.05. The number of hydrogen-bond donors (Lipinski definition) is 1. The Morgan fingerprint density at radius 1 is 1.08 bits per heavy atom. The molecule has 0 unspecified atom stereocenters. The van der Waals surface area contributed by atoms with Crippen molar-refractivity contribution in [2.75, 3.05) is 16.8 Å². The first-order valence-electron chi connectivity index (χ1n) is 8.17. The van der Waals surface area contributed by atoms with Gasteiger partial charge in [-0.3, -0.25) is 9.59 Å². The minimum Gasteiger partial charge on any atom is -0.322 e. The van der Waals surface area contributed by atoms with Gasteiger partial charge in [0.1, 0.15) is 5.82 Å². The average Bonchev–Trinajstić information content (AvgIpc) is 3.31. The molecular weight excluding hydrogens is 351 g/mol. The van der Waals surface area contributed by atoms with E-state index in [0.29, 0.717) is 17.1 Å². The van der Waals surface area contributed by atoms with E-state index in [9.17, 15) is 14.0 Å². The normalized spacial score (nSPS) is 12.7. The highest BCUT2D eigenvalue weighted by Crippen LogP contribution is 2.32. The third-order valence-corrected chi connectivity index (χ3v) is 5.15. The van der Waals surface area contributed by atoms with Crippen LogP contribution in [0.15, 0.2) is 60.0 Å². The summed E-state index contributed by atoms with van der Waals surface area (Å²) in [5, 5.41) is 4.66. The van der Waals surface area contributed by atoms with Gasteiger partial charge < -0.3 is 10.2 Å². The molecule has 130 valence electrons. The van der Waals surface area contributed by atoms with Gasteiger partial charge in [-0.05, 0) is 59.8 Å². The van der Waals surface area contributed by atoms with E-state index in [0.717, 1.165) is 17.7 Å².